The molecule has 5 rings (SSSR count). The summed E-state index contributed by atoms with van der Waals surface area (Å²) in [5.41, 5.74) is 4.65. The molecule has 4 amide bonds. The molecule has 4 aromatic carbocycles. The fraction of sp³-hybridized carbons (Fsp3) is 0.311. The highest BCUT2D eigenvalue weighted by atomic mass is 16.6. The molecule has 310 valence electrons. The number of aromatic amines is 1. The summed E-state index contributed by atoms with van der Waals surface area (Å²) < 4.78 is 22.1. The van der Waals surface area contributed by atoms with Crippen LogP contribution in [-0.4, -0.2) is 72.8 Å². The van der Waals surface area contributed by atoms with Crippen molar-refractivity contribution in [2.75, 3.05) is 14.2 Å². The molecule has 0 aliphatic heterocycles. The van der Waals surface area contributed by atoms with Crippen LogP contribution in [0, 0.1) is 0 Å². The van der Waals surface area contributed by atoms with Crippen LogP contribution in [0.4, 0.5) is 9.59 Å². The maximum absolute atomic E-state index is 13.5. The summed E-state index contributed by atoms with van der Waals surface area (Å²) >= 11 is 0. The fourth-order valence-corrected chi connectivity index (χ4v) is 6.33. The fourth-order valence-electron chi connectivity index (χ4n) is 6.33. The van der Waals surface area contributed by atoms with Crippen LogP contribution in [-0.2, 0) is 54.6 Å². The molecule has 0 radical (unpaired) electrons. The lowest BCUT2D eigenvalue weighted by atomic mass is 9.96. The molecule has 0 aliphatic carbocycles. The second-order valence-corrected chi connectivity index (χ2v) is 14.9. The van der Waals surface area contributed by atoms with E-state index < -0.39 is 47.8 Å². The van der Waals surface area contributed by atoms with Crippen molar-refractivity contribution in [1.82, 2.24) is 26.3 Å². The van der Waals surface area contributed by atoms with Crippen LogP contribution in [0.2, 0.25) is 0 Å². The SMILES string of the molecule is CNC(=O)[C@@H](Cc1c[nH]c2c(-c3ccc(C[C@H](NC(=O)OC(C)(C)C)C(=O)N[C@H](C)C(=O)OC)cc3OCc3ccccc3)cccc12)NC(=O)OCc1ccccc1. The van der Waals surface area contributed by atoms with E-state index in [0.29, 0.717) is 11.3 Å². The Morgan fingerprint density at radius 2 is 1.34 bits per heavy atom. The molecule has 0 saturated heterocycles. The van der Waals surface area contributed by atoms with Crippen molar-refractivity contribution in [3.05, 3.63) is 126 Å². The first kappa shape index (κ1) is 43.3. The normalized spacial score (nSPS) is 12.6. The molecule has 0 fully saturated rings. The van der Waals surface area contributed by atoms with Crippen LogP contribution in [0.25, 0.3) is 22.0 Å². The Morgan fingerprint density at radius 3 is 1.98 bits per heavy atom. The number of amides is 4. The number of rotatable bonds is 16. The van der Waals surface area contributed by atoms with Crippen molar-refractivity contribution in [3.8, 4) is 16.9 Å². The predicted molar refractivity (Wildman–Crippen MR) is 222 cm³/mol. The summed E-state index contributed by atoms with van der Waals surface area (Å²) in [5, 5.41) is 11.4. The Kier molecular flexibility index (Phi) is 14.7. The number of carbonyl (C=O) groups is 5. The van der Waals surface area contributed by atoms with E-state index in [2.05, 4.69) is 26.3 Å². The van der Waals surface area contributed by atoms with Crippen LogP contribution in [0.1, 0.15) is 49.9 Å². The van der Waals surface area contributed by atoms with E-state index >= 15 is 0 Å². The average Bonchev–Trinajstić information content (AvgIpc) is 3.64. The lowest BCUT2D eigenvalue weighted by Gasteiger charge is -2.24. The zero-order valence-corrected chi connectivity index (χ0v) is 34.0. The lowest BCUT2D eigenvalue weighted by molar-refractivity contribution is -0.144. The number of fused-ring (bicyclic) bond motifs is 1. The van der Waals surface area contributed by atoms with Gasteiger partial charge in [0.1, 0.15) is 42.7 Å². The third kappa shape index (κ3) is 12.3. The van der Waals surface area contributed by atoms with Gasteiger partial charge in [-0.1, -0.05) is 91.0 Å². The van der Waals surface area contributed by atoms with Crippen molar-refractivity contribution in [2.24, 2.45) is 0 Å². The van der Waals surface area contributed by atoms with Crippen LogP contribution in [0.3, 0.4) is 0 Å². The van der Waals surface area contributed by atoms with E-state index in [1.165, 1.54) is 21.1 Å². The standard InChI is InChI=1S/C45H51N5O9/c1-28(42(53)56-6)48-41(52)36(50-44(55)59-45(2,3)4)22-31-20-21-34(38(23-31)57-26-29-14-9-7-10-15-29)35-19-13-18-33-32(25-47-39(33)35)24-37(40(51)46-5)49-43(54)58-27-30-16-11-8-12-17-30/h7-21,23,25,28,36-37,47H,22,24,26-27H2,1-6H3,(H,46,51)(H,48,52)(H,49,54)(H,50,55)/t28-,36+,37-/m1/s1. The third-order valence-electron chi connectivity index (χ3n) is 9.23. The topological polar surface area (TPSA) is 186 Å². The molecule has 5 aromatic rings. The summed E-state index contributed by atoms with van der Waals surface area (Å²) in [7, 11) is 2.73. The van der Waals surface area contributed by atoms with Crippen LogP contribution < -0.4 is 26.0 Å². The number of methoxy groups -OCH3 is 1. The largest absolute Gasteiger partial charge is 0.488 e. The van der Waals surface area contributed by atoms with E-state index in [1.54, 1.807) is 27.0 Å². The van der Waals surface area contributed by atoms with E-state index in [4.69, 9.17) is 18.9 Å². The van der Waals surface area contributed by atoms with Crippen LogP contribution in [0.15, 0.2) is 103 Å². The summed E-state index contributed by atoms with van der Waals surface area (Å²) in [6.45, 7) is 6.92. The minimum absolute atomic E-state index is 0.0272. The second kappa shape index (κ2) is 20.0. The van der Waals surface area contributed by atoms with E-state index in [0.717, 1.165) is 38.7 Å². The number of likely N-dealkylation sites (N-methyl/N-ethyl adjacent to an activating group) is 1. The van der Waals surface area contributed by atoms with Crippen molar-refractivity contribution in [2.45, 2.75) is 77.5 Å². The first-order valence-electron chi connectivity index (χ1n) is 19.2. The quantitative estimate of drug-likeness (QED) is 0.0580. The van der Waals surface area contributed by atoms with E-state index in [1.807, 2.05) is 97.1 Å². The Hall–Kier alpha value is -6.83. The molecule has 3 atom stereocenters. The number of para-hydroxylation sites is 1. The third-order valence-corrected chi connectivity index (χ3v) is 9.23. The molecule has 1 aromatic heterocycles. The van der Waals surface area contributed by atoms with Gasteiger partial charge in [0.2, 0.25) is 11.8 Å². The molecule has 0 spiro atoms. The number of benzene rings is 4. The van der Waals surface area contributed by atoms with Gasteiger partial charge in [0, 0.05) is 42.6 Å². The number of alkyl carbamates (subject to hydrolysis) is 2. The number of nitrogens with one attached hydrogen (secondary N) is 5. The monoisotopic (exact) mass is 805 g/mol. The van der Waals surface area contributed by atoms with Gasteiger partial charge in [-0.05, 0) is 56.0 Å². The van der Waals surface area contributed by atoms with Crippen LogP contribution >= 0.6 is 0 Å². The van der Waals surface area contributed by atoms with Gasteiger partial charge in [0.15, 0.2) is 0 Å². The van der Waals surface area contributed by atoms with Crippen molar-refractivity contribution in [1.29, 1.82) is 0 Å². The predicted octanol–water partition coefficient (Wildman–Crippen LogP) is 6.11. The van der Waals surface area contributed by atoms with Crippen LogP contribution in [0.5, 0.6) is 5.75 Å². The van der Waals surface area contributed by atoms with Gasteiger partial charge < -0.3 is 45.2 Å². The highest BCUT2D eigenvalue weighted by molar-refractivity contribution is 5.98. The summed E-state index contributed by atoms with van der Waals surface area (Å²) in [5.74, 6) is -1.13. The van der Waals surface area contributed by atoms with Gasteiger partial charge in [-0.3, -0.25) is 9.59 Å². The van der Waals surface area contributed by atoms with Gasteiger partial charge in [0.25, 0.3) is 0 Å². The second-order valence-electron chi connectivity index (χ2n) is 14.9. The highest BCUT2D eigenvalue weighted by Gasteiger charge is 2.28. The average molecular weight is 806 g/mol. The molecule has 0 aliphatic rings. The summed E-state index contributed by atoms with van der Waals surface area (Å²) in [6.07, 6.45) is 0.484. The molecule has 14 heteroatoms. The Morgan fingerprint density at radius 1 is 0.695 bits per heavy atom. The lowest BCUT2D eigenvalue weighted by Crippen LogP contribution is -2.52. The number of carbonyl (C=O) groups excluding carboxylic acids is 5. The van der Waals surface area contributed by atoms with Gasteiger partial charge >= 0.3 is 18.2 Å². The first-order valence-corrected chi connectivity index (χ1v) is 19.2. The molecule has 59 heavy (non-hydrogen) atoms. The molecule has 5 N–H and O–H groups in total. The highest BCUT2D eigenvalue weighted by Crippen LogP contribution is 2.37. The van der Waals surface area contributed by atoms with Gasteiger partial charge in [0.05, 0.1) is 12.6 Å². The summed E-state index contributed by atoms with van der Waals surface area (Å²) in [4.78, 5) is 67.7. The molecule has 1 heterocycles. The van der Waals surface area contributed by atoms with Gasteiger partial charge in [-0.25, -0.2) is 14.4 Å². The molecule has 0 unspecified atom stereocenters. The zero-order valence-electron chi connectivity index (χ0n) is 34.0. The maximum atomic E-state index is 13.5. The number of aromatic nitrogens is 1. The first-order chi connectivity index (χ1) is 28.2. The number of hydrogen-bond acceptors (Lipinski definition) is 9. The molecule has 0 saturated carbocycles. The van der Waals surface area contributed by atoms with Crippen molar-refractivity contribution in [3.63, 3.8) is 0 Å². The van der Waals surface area contributed by atoms with Crippen molar-refractivity contribution >= 4 is 40.9 Å². The Labute approximate surface area is 343 Å². The molecular weight excluding hydrogens is 755 g/mol. The number of esters is 1. The number of hydrogen-bond donors (Lipinski definition) is 5. The minimum atomic E-state index is -1.13. The van der Waals surface area contributed by atoms with Gasteiger partial charge in [-0.2, -0.15) is 0 Å². The molecule has 0 bridgehead atoms. The minimum Gasteiger partial charge on any atom is -0.488 e. The van der Waals surface area contributed by atoms with E-state index in [-0.39, 0.29) is 32.0 Å². The number of ether oxygens (including phenoxy) is 4. The Balaban J connectivity index is 1.45. The maximum Gasteiger partial charge on any atom is 0.408 e. The van der Waals surface area contributed by atoms with Gasteiger partial charge in [-0.15, -0.1) is 0 Å². The Bertz CT molecular complexity index is 2240. The zero-order chi connectivity index (χ0) is 42.5. The number of H-pyrrole nitrogens is 1. The summed E-state index contributed by atoms with van der Waals surface area (Å²) in [6, 6.07) is 27.2. The molecule has 14 nitrogen and oxygen atoms in total. The van der Waals surface area contributed by atoms with Crippen molar-refractivity contribution < 1.29 is 42.9 Å². The molecular formula is C45H51N5O9. The van der Waals surface area contributed by atoms with E-state index in [9.17, 15) is 24.0 Å². The smallest absolute Gasteiger partial charge is 0.408 e.